The summed E-state index contributed by atoms with van der Waals surface area (Å²) >= 11 is 0. The Bertz CT molecular complexity index is 2410. The Morgan fingerprint density at radius 2 is 1.31 bits per heavy atom. The summed E-state index contributed by atoms with van der Waals surface area (Å²) in [5, 5.41) is 0. The average molecular weight is 630 g/mol. The number of aromatic nitrogens is 3. The Hall–Kier alpha value is -6.20. The summed E-state index contributed by atoms with van der Waals surface area (Å²) in [5.41, 5.74) is 12.4. The van der Waals surface area contributed by atoms with Crippen LogP contribution in [0.15, 0.2) is 163 Å². The van der Waals surface area contributed by atoms with E-state index in [1.54, 1.807) is 0 Å². The van der Waals surface area contributed by atoms with Crippen molar-refractivity contribution in [1.29, 1.82) is 0 Å². The molecule has 0 amide bonds. The van der Waals surface area contributed by atoms with Crippen molar-refractivity contribution >= 4 is 34.0 Å². The number of nitrogens with zero attached hydrogens (tertiary/aromatic N) is 5. The number of rotatable bonds is 5. The van der Waals surface area contributed by atoms with Crippen molar-refractivity contribution in [2.75, 3.05) is 4.90 Å². The molecule has 49 heavy (non-hydrogen) atoms. The first-order chi connectivity index (χ1) is 24.3. The standard InChI is InChI=1S/C44H31N5/c1-2-6-18-30(17-5-1)41-46-42(31-19-9-4-10-20-31)48-43(47-41)32-21-13-22-33(27-32)49-37-25-12-11-23-34(37)44-28-35(44)40(29-15-7-3-8-16-29)45-36-24-14-26-38(49)39(36)44/h1,3-27,35H,2,28H2. The zero-order valence-corrected chi connectivity index (χ0v) is 26.7. The van der Waals surface area contributed by atoms with E-state index in [4.69, 9.17) is 19.9 Å². The van der Waals surface area contributed by atoms with Crippen LogP contribution in [0.5, 0.6) is 0 Å². The van der Waals surface area contributed by atoms with E-state index in [0.717, 1.165) is 40.9 Å². The van der Waals surface area contributed by atoms with Crippen molar-refractivity contribution in [3.63, 3.8) is 0 Å². The Morgan fingerprint density at radius 3 is 2.16 bits per heavy atom. The van der Waals surface area contributed by atoms with Gasteiger partial charge in [-0.2, -0.15) is 0 Å². The van der Waals surface area contributed by atoms with Crippen LogP contribution in [-0.4, -0.2) is 20.7 Å². The fourth-order valence-corrected chi connectivity index (χ4v) is 7.97. The van der Waals surface area contributed by atoms with Crippen LogP contribution in [0.3, 0.4) is 0 Å². The maximum absolute atomic E-state index is 5.34. The Morgan fingerprint density at radius 1 is 0.612 bits per heavy atom. The molecule has 232 valence electrons. The minimum atomic E-state index is -0.0777. The van der Waals surface area contributed by atoms with Crippen LogP contribution in [0.25, 0.3) is 28.3 Å². The number of anilines is 3. The summed E-state index contributed by atoms with van der Waals surface area (Å²) in [6.45, 7) is 0. The molecule has 0 radical (unpaired) electrons. The predicted octanol–water partition coefficient (Wildman–Crippen LogP) is 10.3. The highest BCUT2D eigenvalue weighted by atomic mass is 15.2. The Labute approximate surface area is 285 Å². The van der Waals surface area contributed by atoms with Crippen molar-refractivity contribution < 1.29 is 0 Å². The van der Waals surface area contributed by atoms with Gasteiger partial charge in [0.2, 0.25) is 0 Å². The number of para-hydroxylation sites is 1. The van der Waals surface area contributed by atoms with E-state index in [-0.39, 0.29) is 5.41 Å². The van der Waals surface area contributed by atoms with Crippen molar-refractivity contribution in [3.05, 3.63) is 180 Å². The molecule has 5 heteroatoms. The van der Waals surface area contributed by atoms with E-state index in [0.29, 0.717) is 23.4 Å². The summed E-state index contributed by atoms with van der Waals surface area (Å²) < 4.78 is 0. The average Bonchev–Trinajstić information content (AvgIpc) is 3.97. The SMILES string of the molecule is C1=CCC=CC(c2nc(-c3ccccc3)nc(-c3cccc(N4c5ccccc5C56CC5C(c5ccccc5)=Nc5cccc4c56)c3)n2)=C1. The van der Waals surface area contributed by atoms with Crippen molar-refractivity contribution in [3.8, 4) is 22.8 Å². The summed E-state index contributed by atoms with van der Waals surface area (Å²) in [5.74, 6) is 2.30. The van der Waals surface area contributed by atoms with E-state index in [1.165, 1.54) is 33.8 Å². The van der Waals surface area contributed by atoms with Crippen LogP contribution in [-0.2, 0) is 5.41 Å². The molecule has 3 heterocycles. The van der Waals surface area contributed by atoms with E-state index in [1.807, 2.05) is 30.3 Å². The zero-order valence-electron chi connectivity index (χ0n) is 26.7. The Kier molecular flexibility index (Phi) is 6.21. The molecule has 6 aromatic rings. The van der Waals surface area contributed by atoms with Gasteiger partial charge in [0, 0.05) is 39.3 Å². The van der Waals surface area contributed by atoms with Gasteiger partial charge in [-0.1, -0.05) is 127 Å². The molecule has 5 nitrogen and oxygen atoms in total. The molecule has 10 rings (SSSR count). The minimum Gasteiger partial charge on any atom is -0.310 e. The first-order valence-corrected chi connectivity index (χ1v) is 16.9. The van der Waals surface area contributed by atoms with Gasteiger partial charge in [0.25, 0.3) is 0 Å². The molecular weight excluding hydrogens is 599 g/mol. The van der Waals surface area contributed by atoms with Gasteiger partial charge in [-0.05, 0) is 54.3 Å². The largest absolute Gasteiger partial charge is 0.310 e. The quantitative estimate of drug-likeness (QED) is 0.190. The van der Waals surface area contributed by atoms with Crippen molar-refractivity contribution in [1.82, 2.24) is 15.0 Å². The van der Waals surface area contributed by atoms with Crippen LogP contribution < -0.4 is 4.90 Å². The highest BCUT2D eigenvalue weighted by molar-refractivity contribution is 6.11. The van der Waals surface area contributed by atoms with Gasteiger partial charge < -0.3 is 4.90 Å². The third kappa shape index (κ3) is 4.39. The van der Waals surface area contributed by atoms with Gasteiger partial charge in [-0.3, -0.25) is 4.99 Å². The minimum absolute atomic E-state index is 0.0777. The lowest BCUT2D eigenvalue weighted by Gasteiger charge is -2.40. The van der Waals surface area contributed by atoms with E-state index < -0.39 is 0 Å². The van der Waals surface area contributed by atoms with Gasteiger partial charge >= 0.3 is 0 Å². The summed E-state index contributed by atoms with van der Waals surface area (Å²) in [6, 6.07) is 45.0. The van der Waals surface area contributed by atoms with Gasteiger partial charge in [-0.25, -0.2) is 15.0 Å². The molecule has 0 N–H and O–H groups in total. The fourth-order valence-electron chi connectivity index (χ4n) is 7.97. The predicted molar refractivity (Wildman–Crippen MR) is 198 cm³/mol. The molecule has 2 aliphatic heterocycles. The third-order valence-corrected chi connectivity index (χ3v) is 10.2. The topological polar surface area (TPSA) is 54.3 Å². The van der Waals surface area contributed by atoms with E-state index in [9.17, 15) is 0 Å². The third-order valence-electron chi connectivity index (χ3n) is 10.2. The lowest BCUT2D eigenvalue weighted by Crippen LogP contribution is -2.30. The summed E-state index contributed by atoms with van der Waals surface area (Å²) in [4.78, 5) is 22.8. The van der Waals surface area contributed by atoms with Crippen LogP contribution >= 0.6 is 0 Å². The zero-order chi connectivity index (χ0) is 32.4. The maximum Gasteiger partial charge on any atom is 0.164 e. The molecule has 0 bridgehead atoms. The molecule has 2 atom stereocenters. The number of allylic oxidation sites excluding steroid dienone is 6. The number of fused-ring (bicyclic) bond motifs is 1. The Balaban J connectivity index is 1.14. The first kappa shape index (κ1) is 27.9. The molecular formula is C44H31N5. The lowest BCUT2D eigenvalue weighted by atomic mass is 9.76. The maximum atomic E-state index is 5.34. The number of hydrogen-bond donors (Lipinski definition) is 0. The summed E-state index contributed by atoms with van der Waals surface area (Å²) in [6.07, 6.45) is 12.5. The van der Waals surface area contributed by atoms with Crippen molar-refractivity contribution in [2.24, 2.45) is 10.9 Å². The molecule has 4 aliphatic rings. The number of aliphatic imine (C=N–C) groups is 1. The second-order valence-corrected chi connectivity index (χ2v) is 13.0. The molecule has 1 fully saturated rings. The smallest absolute Gasteiger partial charge is 0.164 e. The molecule has 1 aromatic heterocycles. The van der Waals surface area contributed by atoms with E-state index >= 15 is 0 Å². The molecule has 1 saturated carbocycles. The van der Waals surface area contributed by atoms with Crippen LogP contribution in [0.1, 0.15) is 35.4 Å². The normalized spacial score (nSPS) is 19.6. The van der Waals surface area contributed by atoms with Crippen LogP contribution in [0.2, 0.25) is 0 Å². The van der Waals surface area contributed by atoms with Gasteiger partial charge in [0.15, 0.2) is 17.5 Å². The molecule has 1 spiro atoms. The highest BCUT2D eigenvalue weighted by Gasteiger charge is 2.65. The molecule has 5 aromatic carbocycles. The fraction of sp³-hybridized carbons (Fsp3) is 0.0909. The van der Waals surface area contributed by atoms with Crippen LogP contribution in [0.4, 0.5) is 22.7 Å². The second kappa shape index (κ2) is 10.9. The molecule has 2 unspecified atom stereocenters. The van der Waals surface area contributed by atoms with Gasteiger partial charge in [0.05, 0.1) is 22.8 Å². The van der Waals surface area contributed by atoms with Gasteiger partial charge in [0.1, 0.15) is 0 Å². The lowest BCUT2D eigenvalue weighted by molar-refractivity contribution is 0.778. The highest BCUT2D eigenvalue weighted by Crippen LogP contribution is 2.71. The van der Waals surface area contributed by atoms with Gasteiger partial charge in [-0.15, -0.1) is 0 Å². The molecule has 0 saturated heterocycles. The number of benzene rings is 5. The van der Waals surface area contributed by atoms with E-state index in [2.05, 4.69) is 132 Å². The monoisotopic (exact) mass is 629 g/mol. The summed E-state index contributed by atoms with van der Waals surface area (Å²) in [7, 11) is 0. The first-order valence-electron chi connectivity index (χ1n) is 16.9. The number of hydrogen-bond acceptors (Lipinski definition) is 5. The van der Waals surface area contributed by atoms with Crippen LogP contribution in [0, 0.1) is 5.92 Å². The molecule has 2 aliphatic carbocycles. The van der Waals surface area contributed by atoms with Crippen molar-refractivity contribution in [2.45, 2.75) is 18.3 Å². The second-order valence-electron chi connectivity index (χ2n) is 13.0.